The van der Waals surface area contributed by atoms with Gasteiger partial charge in [0.15, 0.2) is 0 Å². The average molecular weight is 397 g/mol. The first kappa shape index (κ1) is 19.2. The molecule has 0 radical (unpaired) electrons. The van der Waals surface area contributed by atoms with Gasteiger partial charge in [-0.1, -0.05) is 26.0 Å². The number of halogens is 1. The van der Waals surface area contributed by atoms with E-state index in [0.717, 1.165) is 5.56 Å². The Balaban J connectivity index is 1.78. The topological polar surface area (TPSA) is 65.4 Å². The van der Waals surface area contributed by atoms with E-state index in [2.05, 4.69) is 5.10 Å². The molecule has 0 spiro atoms. The van der Waals surface area contributed by atoms with E-state index in [0.29, 0.717) is 36.1 Å². The second-order valence-corrected chi connectivity index (χ2v) is 7.98. The summed E-state index contributed by atoms with van der Waals surface area (Å²) < 4.78 is 19.8. The van der Waals surface area contributed by atoms with Crippen LogP contribution in [0.5, 0.6) is 11.5 Å². The van der Waals surface area contributed by atoms with Crippen molar-refractivity contribution in [3.63, 3.8) is 0 Å². The number of ether oxygens (including phenoxy) is 1. The lowest BCUT2D eigenvalue weighted by atomic mass is 9.86. The zero-order chi connectivity index (χ0) is 20.7. The SMILES string of the molecule is CC(C)CN(C)C(=O)N1N=C2c3cc(F)ccc3OC[C@H]2[C@H]1c1cccc(O)c1. The number of nitrogens with zero attached hydrogens (tertiary/aromatic N) is 3. The Kier molecular flexibility index (Phi) is 4.90. The Bertz CT molecular complexity index is 976. The first-order chi connectivity index (χ1) is 13.8. The fourth-order valence-electron chi connectivity index (χ4n) is 4.05. The number of benzene rings is 2. The molecular formula is C22H24FN3O3. The summed E-state index contributed by atoms with van der Waals surface area (Å²) in [5.41, 5.74) is 1.95. The van der Waals surface area contributed by atoms with E-state index in [1.54, 1.807) is 36.2 Å². The van der Waals surface area contributed by atoms with Gasteiger partial charge in [-0.05, 0) is 41.8 Å². The molecule has 4 rings (SSSR count). The second-order valence-electron chi connectivity index (χ2n) is 7.98. The quantitative estimate of drug-likeness (QED) is 0.851. The molecule has 2 heterocycles. The van der Waals surface area contributed by atoms with Crippen LogP contribution >= 0.6 is 0 Å². The van der Waals surface area contributed by atoms with Gasteiger partial charge in [-0.15, -0.1) is 0 Å². The molecule has 0 aromatic heterocycles. The van der Waals surface area contributed by atoms with Crippen molar-refractivity contribution in [2.75, 3.05) is 20.2 Å². The molecule has 2 aromatic carbocycles. The molecule has 2 aliphatic heterocycles. The Morgan fingerprint density at radius 1 is 1.34 bits per heavy atom. The number of hydrogen-bond acceptors (Lipinski definition) is 4. The minimum atomic E-state index is -0.448. The summed E-state index contributed by atoms with van der Waals surface area (Å²) in [4.78, 5) is 14.9. The number of hydrazone groups is 1. The Labute approximate surface area is 169 Å². The average Bonchev–Trinajstić information content (AvgIpc) is 3.06. The van der Waals surface area contributed by atoms with Crippen molar-refractivity contribution in [1.29, 1.82) is 0 Å². The van der Waals surface area contributed by atoms with E-state index in [-0.39, 0.29) is 23.5 Å². The maximum absolute atomic E-state index is 13.9. The van der Waals surface area contributed by atoms with E-state index < -0.39 is 6.04 Å². The molecule has 2 aliphatic rings. The third-order valence-electron chi connectivity index (χ3n) is 5.22. The normalized spacial score (nSPS) is 20.0. The van der Waals surface area contributed by atoms with E-state index in [4.69, 9.17) is 4.74 Å². The largest absolute Gasteiger partial charge is 0.508 e. The van der Waals surface area contributed by atoms with Crippen molar-refractivity contribution in [3.05, 3.63) is 59.4 Å². The number of rotatable bonds is 3. The standard InChI is InChI=1S/C22H24FN3O3/c1-13(2)11-25(3)22(28)26-21(14-5-4-6-16(27)9-14)18-12-29-19-8-7-15(23)10-17(19)20(18)24-26/h4-10,13,18,21,27H,11-12H2,1-3H3/t18-,21-/m1/s1. The number of carbonyl (C=O) groups excluding carboxylic acids is 1. The Morgan fingerprint density at radius 2 is 2.14 bits per heavy atom. The lowest BCUT2D eigenvalue weighted by Gasteiger charge is -2.32. The van der Waals surface area contributed by atoms with Crippen molar-refractivity contribution in [2.45, 2.75) is 19.9 Å². The van der Waals surface area contributed by atoms with Crippen LogP contribution in [0.2, 0.25) is 0 Å². The van der Waals surface area contributed by atoms with E-state index >= 15 is 0 Å². The van der Waals surface area contributed by atoms with Gasteiger partial charge in [-0.2, -0.15) is 5.10 Å². The molecular weight excluding hydrogens is 373 g/mol. The van der Waals surface area contributed by atoms with Gasteiger partial charge in [-0.3, -0.25) is 0 Å². The smallest absolute Gasteiger partial charge is 0.340 e. The third kappa shape index (κ3) is 3.52. The molecule has 0 saturated carbocycles. The summed E-state index contributed by atoms with van der Waals surface area (Å²) in [6.45, 7) is 4.98. The van der Waals surface area contributed by atoms with Crippen LogP contribution in [0.25, 0.3) is 0 Å². The van der Waals surface area contributed by atoms with Crippen LogP contribution in [0.15, 0.2) is 47.6 Å². The fraction of sp³-hybridized carbons (Fsp3) is 0.364. The van der Waals surface area contributed by atoms with Gasteiger partial charge >= 0.3 is 6.03 Å². The Morgan fingerprint density at radius 3 is 2.86 bits per heavy atom. The first-order valence-corrected chi connectivity index (χ1v) is 9.69. The summed E-state index contributed by atoms with van der Waals surface area (Å²) in [5, 5.41) is 16.1. The maximum atomic E-state index is 13.9. The lowest BCUT2D eigenvalue weighted by molar-refractivity contribution is 0.130. The number of carbonyl (C=O) groups is 1. The molecule has 0 aliphatic carbocycles. The highest BCUT2D eigenvalue weighted by Gasteiger charge is 2.46. The van der Waals surface area contributed by atoms with Gasteiger partial charge in [0, 0.05) is 19.2 Å². The minimum absolute atomic E-state index is 0.113. The summed E-state index contributed by atoms with van der Waals surface area (Å²) >= 11 is 0. The number of urea groups is 1. The van der Waals surface area contributed by atoms with Crippen LogP contribution < -0.4 is 4.74 Å². The molecule has 29 heavy (non-hydrogen) atoms. The van der Waals surface area contributed by atoms with Crippen LogP contribution in [0, 0.1) is 17.7 Å². The third-order valence-corrected chi connectivity index (χ3v) is 5.22. The zero-order valence-corrected chi connectivity index (χ0v) is 16.7. The predicted molar refractivity (Wildman–Crippen MR) is 107 cm³/mol. The van der Waals surface area contributed by atoms with Crippen molar-refractivity contribution in [1.82, 2.24) is 9.91 Å². The lowest BCUT2D eigenvalue weighted by Crippen LogP contribution is -2.42. The van der Waals surface area contributed by atoms with Gasteiger partial charge in [0.05, 0.1) is 24.3 Å². The molecule has 2 amide bonds. The molecule has 2 atom stereocenters. The first-order valence-electron chi connectivity index (χ1n) is 9.69. The molecule has 2 aromatic rings. The van der Waals surface area contributed by atoms with Crippen LogP contribution in [0.1, 0.15) is 31.0 Å². The summed E-state index contributed by atoms with van der Waals surface area (Å²) in [7, 11) is 1.74. The van der Waals surface area contributed by atoms with Gasteiger partial charge in [0.25, 0.3) is 0 Å². The highest BCUT2D eigenvalue weighted by molar-refractivity contribution is 6.07. The van der Waals surface area contributed by atoms with E-state index in [1.165, 1.54) is 17.1 Å². The van der Waals surface area contributed by atoms with Crippen LogP contribution in [0.4, 0.5) is 9.18 Å². The molecule has 0 saturated heterocycles. The minimum Gasteiger partial charge on any atom is -0.508 e. The summed E-state index contributed by atoms with van der Waals surface area (Å²) in [6.07, 6.45) is 0. The fourth-order valence-corrected chi connectivity index (χ4v) is 4.05. The molecule has 1 N–H and O–H groups in total. The predicted octanol–water partition coefficient (Wildman–Crippen LogP) is 4.01. The molecule has 0 fully saturated rings. The van der Waals surface area contributed by atoms with Crippen molar-refractivity contribution < 1.29 is 19.0 Å². The molecule has 0 unspecified atom stereocenters. The molecule has 7 heteroatoms. The highest BCUT2D eigenvalue weighted by Crippen LogP contribution is 2.43. The summed E-state index contributed by atoms with van der Waals surface area (Å²) in [6, 6.07) is 10.4. The van der Waals surface area contributed by atoms with Gasteiger partial charge in [0.1, 0.15) is 17.3 Å². The molecule has 152 valence electrons. The van der Waals surface area contributed by atoms with Crippen molar-refractivity contribution in [3.8, 4) is 11.5 Å². The van der Waals surface area contributed by atoms with Gasteiger partial charge < -0.3 is 14.7 Å². The maximum Gasteiger partial charge on any atom is 0.340 e. The van der Waals surface area contributed by atoms with Crippen LogP contribution in [-0.4, -0.2) is 47.0 Å². The number of hydrogen-bond donors (Lipinski definition) is 1. The van der Waals surface area contributed by atoms with Gasteiger partial charge in [0.2, 0.25) is 0 Å². The van der Waals surface area contributed by atoms with Crippen molar-refractivity contribution >= 4 is 11.7 Å². The van der Waals surface area contributed by atoms with E-state index in [9.17, 15) is 14.3 Å². The number of phenols is 1. The zero-order valence-electron chi connectivity index (χ0n) is 16.7. The Hall–Kier alpha value is -3.09. The van der Waals surface area contributed by atoms with Crippen LogP contribution in [0.3, 0.4) is 0 Å². The number of fused-ring (bicyclic) bond motifs is 3. The number of phenolic OH excluding ortho intramolecular Hbond substituents is 1. The van der Waals surface area contributed by atoms with Crippen LogP contribution in [-0.2, 0) is 0 Å². The molecule has 6 nitrogen and oxygen atoms in total. The monoisotopic (exact) mass is 397 g/mol. The number of aromatic hydroxyl groups is 1. The molecule has 0 bridgehead atoms. The second kappa shape index (κ2) is 7.39. The number of amides is 2. The summed E-state index contributed by atoms with van der Waals surface area (Å²) in [5.74, 6) is 0.329. The van der Waals surface area contributed by atoms with E-state index in [1.807, 2.05) is 19.9 Å². The van der Waals surface area contributed by atoms with Crippen molar-refractivity contribution in [2.24, 2.45) is 16.9 Å². The van der Waals surface area contributed by atoms with Gasteiger partial charge in [-0.25, -0.2) is 14.2 Å². The highest BCUT2D eigenvalue weighted by atomic mass is 19.1.